The third kappa shape index (κ3) is 3.25. The van der Waals surface area contributed by atoms with Crippen LogP contribution in [0.15, 0.2) is 82.4 Å². The predicted octanol–water partition coefficient (Wildman–Crippen LogP) is 4.93. The molecule has 26 heavy (non-hydrogen) atoms. The average Bonchev–Trinajstić information content (AvgIpc) is 3.27. The summed E-state index contributed by atoms with van der Waals surface area (Å²) < 4.78 is 7.41. The molecule has 2 aromatic heterocycles. The van der Waals surface area contributed by atoms with Crippen molar-refractivity contribution in [2.24, 2.45) is 5.10 Å². The molecule has 0 aliphatic rings. The van der Waals surface area contributed by atoms with Crippen molar-refractivity contribution in [2.75, 3.05) is 5.73 Å². The van der Waals surface area contributed by atoms with Gasteiger partial charge in [0.2, 0.25) is 5.95 Å². The highest BCUT2D eigenvalue weighted by Gasteiger charge is 2.09. The highest BCUT2D eigenvalue weighted by Crippen LogP contribution is 2.25. The van der Waals surface area contributed by atoms with E-state index in [1.165, 1.54) is 0 Å². The smallest absolute Gasteiger partial charge is 0.221 e. The third-order valence-corrected chi connectivity index (χ3v) is 4.11. The maximum absolute atomic E-state index is 6.03. The first-order valence-corrected chi connectivity index (χ1v) is 8.37. The summed E-state index contributed by atoms with van der Waals surface area (Å²) in [6, 6.07) is 21.0. The summed E-state index contributed by atoms with van der Waals surface area (Å²) in [5, 5.41) is 5.08. The van der Waals surface area contributed by atoms with Gasteiger partial charge in [-0.3, -0.25) is 0 Å². The highest BCUT2D eigenvalue weighted by molar-refractivity contribution is 6.30. The first-order valence-electron chi connectivity index (χ1n) is 7.99. The molecule has 5 nitrogen and oxygen atoms in total. The van der Waals surface area contributed by atoms with Gasteiger partial charge in [0.15, 0.2) is 0 Å². The second-order valence-corrected chi connectivity index (χ2v) is 6.07. The van der Waals surface area contributed by atoms with Gasteiger partial charge in [0.05, 0.1) is 18.1 Å². The van der Waals surface area contributed by atoms with E-state index in [9.17, 15) is 0 Å². The summed E-state index contributed by atoms with van der Waals surface area (Å²) >= 11 is 6.03. The topological polar surface area (TPSA) is 69.3 Å². The Labute approximate surface area is 155 Å². The molecule has 0 unspecified atom stereocenters. The molecule has 0 bridgehead atoms. The molecule has 128 valence electrons. The number of hydrogen-bond acceptors (Lipinski definition) is 4. The quantitative estimate of drug-likeness (QED) is 0.523. The van der Waals surface area contributed by atoms with E-state index >= 15 is 0 Å². The minimum absolute atomic E-state index is 0.307. The molecule has 0 aliphatic heterocycles. The number of rotatable bonds is 4. The van der Waals surface area contributed by atoms with Gasteiger partial charge in [0.1, 0.15) is 11.5 Å². The van der Waals surface area contributed by atoms with Crippen LogP contribution in [-0.4, -0.2) is 15.9 Å². The van der Waals surface area contributed by atoms with Crippen molar-refractivity contribution in [2.45, 2.75) is 0 Å². The average molecular weight is 363 g/mol. The lowest BCUT2D eigenvalue weighted by Crippen LogP contribution is -1.99. The molecule has 2 N–H and O–H groups in total. The summed E-state index contributed by atoms with van der Waals surface area (Å²) in [4.78, 5) is 4.15. The minimum atomic E-state index is 0.307. The van der Waals surface area contributed by atoms with Crippen molar-refractivity contribution in [3.05, 3.63) is 83.7 Å². The van der Waals surface area contributed by atoms with Crippen molar-refractivity contribution in [3.63, 3.8) is 0 Å². The molecule has 0 amide bonds. The Bertz CT molecular complexity index is 1070. The molecule has 4 rings (SSSR count). The van der Waals surface area contributed by atoms with E-state index in [0.29, 0.717) is 16.7 Å². The van der Waals surface area contributed by atoms with Gasteiger partial charge in [-0.25, -0.2) is 4.98 Å². The van der Waals surface area contributed by atoms with Crippen LogP contribution in [0.5, 0.6) is 0 Å². The molecule has 0 saturated heterocycles. The summed E-state index contributed by atoms with van der Waals surface area (Å²) in [5.74, 6) is 1.63. The van der Waals surface area contributed by atoms with E-state index in [1.807, 2.05) is 66.7 Å². The second kappa shape index (κ2) is 6.90. The van der Waals surface area contributed by atoms with Gasteiger partial charge >= 0.3 is 0 Å². The van der Waals surface area contributed by atoms with Gasteiger partial charge in [-0.05, 0) is 24.3 Å². The first-order chi connectivity index (χ1) is 12.7. The van der Waals surface area contributed by atoms with Gasteiger partial charge in [-0.2, -0.15) is 9.78 Å². The van der Waals surface area contributed by atoms with Gasteiger partial charge in [0, 0.05) is 16.1 Å². The Morgan fingerprint density at radius 1 is 1.00 bits per heavy atom. The number of hydrogen-bond donors (Lipinski definition) is 1. The number of nitrogens with zero attached hydrogens (tertiary/aromatic N) is 3. The zero-order chi connectivity index (χ0) is 17.9. The normalized spacial score (nSPS) is 11.3. The molecule has 6 heteroatoms. The maximum Gasteiger partial charge on any atom is 0.221 e. The van der Waals surface area contributed by atoms with Crippen molar-refractivity contribution in [1.82, 2.24) is 9.66 Å². The zero-order valence-electron chi connectivity index (χ0n) is 13.7. The molecule has 4 aromatic rings. The van der Waals surface area contributed by atoms with E-state index in [4.69, 9.17) is 21.8 Å². The summed E-state index contributed by atoms with van der Waals surface area (Å²) in [6.07, 6.45) is 3.31. The molecule has 0 saturated carbocycles. The number of nitrogens with two attached hydrogens (primary N) is 1. The molecule has 0 atom stereocenters. The fraction of sp³-hybridized carbons (Fsp3) is 0. The lowest BCUT2D eigenvalue weighted by molar-refractivity contribution is 0.574. The molecule has 0 aliphatic carbocycles. The molecular formula is C20H15ClN4O. The molecule has 2 heterocycles. The van der Waals surface area contributed by atoms with Gasteiger partial charge in [-0.15, -0.1) is 0 Å². The van der Waals surface area contributed by atoms with E-state index in [0.717, 1.165) is 22.6 Å². The van der Waals surface area contributed by atoms with Crippen molar-refractivity contribution >= 4 is 23.8 Å². The van der Waals surface area contributed by atoms with Crippen LogP contribution < -0.4 is 5.73 Å². The number of halogens is 1. The van der Waals surface area contributed by atoms with Crippen molar-refractivity contribution in [1.29, 1.82) is 0 Å². The zero-order valence-corrected chi connectivity index (χ0v) is 14.5. The number of benzene rings is 2. The van der Waals surface area contributed by atoms with E-state index < -0.39 is 0 Å². The second-order valence-electron chi connectivity index (χ2n) is 5.64. The fourth-order valence-corrected chi connectivity index (χ4v) is 2.81. The van der Waals surface area contributed by atoms with Gasteiger partial charge in [-0.1, -0.05) is 54.1 Å². The Balaban J connectivity index is 1.63. The van der Waals surface area contributed by atoms with Crippen LogP contribution >= 0.6 is 11.6 Å². The van der Waals surface area contributed by atoms with Crippen LogP contribution in [-0.2, 0) is 0 Å². The van der Waals surface area contributed by atoms with Crippen LogP contribution in [0.25, 0.3) is 22.6 Å². The predicted molar refractivity (Wildman–Crippen MR) is 104 cm³/mol. The SMILES string of the molecule is Nc1ncc(-c2ccccc2)n1N=Cc1ccc(-c2cccc(Cl)c2)o1. The van der Waals surface area contributed by atoms with E-state index in [1.54, 1.807) is 17.1 Å². The van der Waals surface area contributed by atoms with Crippen molar-refractivity contribution in [3.8, 4) is 22.6 Å². The highest BCUT2D eigenvalue weighted by atomic mass is 35.5. The molecule has 0 radical (unpaired) electrons. The Kier molecular flexibility index (Phi) is 4.29. The van der Waals surface area contributed by atoms with Crippen LogP contribution in [0.3, 0.4) is 0 Å². The number of nitrogen functional groups attached to an aromatic ring is 1. The maximum atomic E-state index is 6.03. The summed E-state index contributed by atoms with van der Waals surface area (Å²) in [7, 11) is 0. The van der Waals surface area contributed by atoms with Crippen LogP contribution in [0.1, 0.15) is 5.76 Å². The van der Waals surface area contributed by atoms with E-state index in [2.05, 4.69) is 10.1 Å². The van der Waals surface area contributed by atoms with E-state index in [-0.39, 0.29) is 0 Å². The third-order valence-electron chi connectivity index (χ3n) is 3.87. The first kappa shape index (κ1) is 16.2. The monoisotopic (exact) mass is 362 g/mol. The van der Waals surface area contributed by atoms with Gasteiger partial charge < -0.3 is 10.2 Å². The Morgan fingerprint density at radius 2 is 1.81 bits per heavy atom. The standard InChI is InChI=1S/C20H15ClN4O/c21-16-8-4-7-15(11-16)19-10-9-17(26-19)12-24-25-18(13-23-20(25)22)14-5-2-1-3-6-14/h1-13H,(H2,22,23). The minimum Gasteiger partial charge on any atom is -0.455 e. The van der Waals surface area contributed by atoms with Crippen LogP contribution in [0.4, 0.5) is 5.95 Å². The lowest BCUT2D eigenvalue weighted by atomic mass is 10.2. The van der Waals surface area contributed by atoms with Crippen LogP contribution in [0.2, 0.25) is 5.02 Å². The number of furan rings is 1. The Hall–Kier alpha value is -3.31. The summed E-state index contributed by atoms with van der Waals surface area (Å²) in [6.45, 7) is 0. The number of aromatic nitrogens is 2. The summed E-state index contributed by atoms with van der Waals surface area (Å²) in [5.41, 5.74) is 8.64. The molecule has 0 spiro atoms. The Morgan fingerprint density at radius 3 is 2.62 bits per heavy atom. The number of imidazole rings is 1. The lowest BCUT2D eigenvalue weighted by Gasteiger charge is -2.03. The molecule has 0 fully saturated rings. The fourth-order valence-electron chi connectivity index (χ4n) is 2.62. The van der Waals surface area contributed by atoms with Crippen LogP contribution in [0, 0.1) is 0 Å². The molecular weight excluding hydrogens is 348 g/mol. The number of anilines is 1. The molecule has 2 aromatic carbocycles. The largest absolute Gasteiger partial charge is 0.455 e. The van der Waals surface area contributed by atoms with Gasteiger partial charge in [0.25, 0.3) is 0 Å². The van der Waals surface area contributed by atoms with Crippen molar-refractivity contribution < 1.29 is 4.42 Å².